The van der Waals surface area contributed by atoms with Crippen LogP contribution in [-0.2, 0) is 15.1 Å². The van der Waals surface area contributed by atoms with E-state index in [1.165, 1.54) is 0 Å². The third-order valence-corrected chi connectivity index (χ3v) is 7.66. The van der Waals surface area contributed by atoms with Gasteiger partial charge in [-0.15, -0.1) is 13.2 Å². The van der Waals surface area contributed by atoms with E-state index < -0.39 is 24.7 Å². The van der Waals surface area contributed by atoms with Crippen molar-refractivity contribution in [3.8, 4) is 11.5 Å². The zero-order valence-corrected chi connectivity index (χ0v) is 19.2. The molecule has 2 atom stereocenters. The van der Waals surface area contributed by atoms with Gasteiger partial charge in [0, 0.05) is 35.4 Å². The number of aliphatic hydroxyl groups excluding tert-OH is 1. The highest BCUT2D eigenvalue weighted by atomic mass is 35.5. The zero-order chi connectivity index (χ0) is 24.6. The van der Waals surface area contributed by atoms with Crippen LogP contribution in [0.25, 0.3) is 0 Å². The minimum Gasteiger partial charge on any atom is -0.487 e. The first-order valence-electron chi connectivity index (χ1n) is 11.4. The standard InChI is InChI=1S/C23H23ClF3N3O5/c24-12-1-2-18-16(3-12)17(31)6-19(34-18)20(32)29-21-9-22(10-21,11-21)30-8-15(7-28-30)33-13-4-14(5-13)35-23(25,26)27/h1-3,7-8,13-14,17,19,31H,4-6,9-11H2,(H,29,32)/t13-,14+,17-,19-,21?,22?/m1/s1. The molecule has 0 spiro atoms. The van der Waals surface area contributed by atoms with E-state index in [4.69, 9.17) is 21.1 Å². The number of rotatable bonds is 6. The Balaban J connectivity index is 1.00. The fourth-order valence-corrected chi connectivity index (χ4v) is 5.93. The van der Waals surface area contributed by atoms with Crippen molar-refractivity contribution in [1.29, 1.82) is 0 Å². The van der Waals surface area contributed by atoms with Gasteiger partial charge in [-0.05, 0) is 37.5 Å². The molecule has 2 N–H and O–H groups in total. The summed E-state index contributed by atoms with van der Waals surface area (Å²) in [6.45, 7) is 0. The van der Waals surface area contributed by atoms with Gasteiger partial charge in [0.05, 0.1) is 30.1 Å². The van der Waals surface area contributed by atoms with Crippen molar-refractivity contribution in [2.24, 2.45) is 0 Å². The van der Waals surface area contributed by atoms with Gasteiger partial charge in [0.1, 0.15) is 11.9 Å². The van der Waals surface area contributed by atoms with E-state index >= 15 is 0 Å². The molecule has 1 aromatic carbocycles. The summed E-state index contributed by atoms with van der Waals surface area (Å²) in [5, 5.41) is 18.4. The Morgan fingerprint density at radius 1 is 1.23 bits per heavy atom. The van der Waals surface area contributed by atoms with Crippen molar-refractivity contribution < 1.29 is 37.3 Å². The lowest BCUT2D eigenvalue weighted by atomic mass is 9.44. The molecule has 4 fully saturated rings. The van der Waals surface area contributed by atoms with Crippen molar-refractivity contribution in [3.63, 3.8) is 0 Å². The summed E-state index contributed by atoms with van der Waals surface area (Å²) in [4.78, 5) is 12.9. The Labute approximate surface area is 203 Å². The molecule has 1 aliphatic heterocycles. The number of hydrogen-bond acceptors (Lipinski definition) is 6. The van der Waals surface area contributed by atoms with Crippen molar-refractivity contribution in [3.05, 3.63) is 41.2 Å². The summed E-state index contributed by atoms with van der Waals surface area (Å²) in [6.07, 6.45) is -1.49. The normalized spacial score (nSPS) is 35.0. The number of alkyl halides is 3. The Bertz CT molecular complexity index is 1150. The van der Waals surface area contributed by atoms with Crippen LogP contribution in [0.3, 0.4) is 0 Å². The van der Waals surface area contributed by atoms with Gasteiger partial charge in [-0.1, -0.05) is 11.6 Å². The van der Waals surface area contributed by atoms with Crippen LogP contribution < -0.4 is 14.8 Å². The van der Waals surface area contributed by atoms with Gasteiger partial charge in [0.15, 0.2) is 11.9 Å². The molecule has 1 aromatic heterocycles. The Hall–Kier alpha value is -2.50. The third-order valence-electron chi connectivity index (χ3n) is 7.42. The first-order valence-corrected chi connectivity index (χ1v) is 11.8. The number of aliphatic hydroxyl groups is 1. The number of hydrogen-bond donors (Lipinski definition) is 2. The van der Waals surface area contributed by atoms with E-state index in [-0.39, 0.29) is 42.4 Å². The van der Waals surface area contributed by atoms with Crippen molar-refractivity contribution in [2.45, 2.75) is 80.4 Å². The molecule has 0 unspecified atom stereocenters. The predicted molar refractivity (Wildman–Crippen MR) is 115 cm³/mol. The number of nitrogens with zero attached hydrogens (tertiary/aromatic N) is 2. The smallest absolute Gasteiger partial charge is 0.487 e. The molecule has 0 saturated heterocycles. The fraction of sp³-hybridized carbons (Fsp3) is 0.565. The average Bonchev–Trinajstić information content (AvgIpc) is 3.15. The summed E-state index contributed by atoms with van der Waals surface area (Å²) in [6, 6.07) is 4.95. The van der Waals surface area contributed by atoms with Gasteiger partial charge in [-0.25, -0.2) is 0 Å². The molecule has 35 heavy (non-hydrogen) atoms. The Morgan fingerprint density at radius 3 is 2.69 bits per heavy atom. The van der Waals surface area contributed by atoms with E-state index in [0.29, 0.717) is 41.3 Å². The van der Waals surface area contributed by atoms with Crippen molar-refractivity contribution in [1.82, 2.24) is 15.1 Å². The second-order valence-corrected chi connectivity index (χ2v) is 10.5. The molecule has 4 aliphatic carbocycles. The molecule has 0 radical (unpaired) electrons. The molecule has 4 saturated carbocycles. The van der Waals surface area contributed by atoms with E-state index in [0.717, 1.165) is 0 Å². The van der Waals surface area contributed by atoms with Crippen molar-refractivity contribution >= 4 is 17.5 Å². The van der Waals surface area contributed by atoms with E-state index in [2.05, 4.69) is 15.2 Å². The molecule has 2 bridgehead atoms. The highest BCUT2D eigenvalue weighted by Crippen LogP contribution is 2.65. The molecule has 2 aromatic rings. The molecule has 188 valence electrons. The summed E-state index contributed by atoms with van der Waals surface area (Å²) in [7, 11) is 0. The number of halogens is 4. The maximum absolute atomic E-state index is 12.9. The first kappa shape index (κ1) is 22.9. The summed E-state index contributed by atoms with van der Waals surface area (Å²) >= 11 is 5.98. The summed E-state index contributed by atoms with van der Waals surface area (Å²) in [5.74, 6) is 0.698. The highest BCUT2D eigenvalue weighted by molar-refractivity contribution is 6.30. The number of aromatic nitrogens is 2. The summed E-state index contributed by atoms with van der Waals surface area (Å²) in [5.41, 5.74) is 0.0506. The van der Waals surface area contributed by atoms with Crippen LogP contribution in [0, 0.1) is 0 Å². The Kier molecular flexibility index (Phi) is 5.08. The molecule has 1 amide bonds. The van der Waals surface area contributed by atoms with E-state index in [9.17, 15) is 23.1 Å². The SMILES string of the molecule is O=C(NC12CC(n3cc(O[C@H]4C[C@@H](OC(F)(F)F)C4)cn3)(C1)C2)[C@H]1C[C@@H](O)c2cc(Cl)ccc2O1. The largest absolute Gasteiger partial charge is 0.522 e. The quantitative estimate of drug-likeness (QED) is 0.613. The molecular weight excluding hydrogens is 491 g/mol. The second-order valence-electron chi connectivity index (χ2n) is 10.1. The number of carbonyl (C=O) groups is 1. The van der Waals surface area contributed by atoms with E-state index in [1.807, 2.05) is 4.68 Å². The number of nitrogens with one attached hydrogen (secondary N) is 1. The van der Waals surface area contributed by atoms with Crippen LogP contribution in [0.4, 0.5) is 13.2 Å². The molecule has 5 aliphatic rings. The maximum atomic E-state index is 12.9. The van der Waals surface area contributed by atoms with Gasteiger partial charge in [0.2, 0.25) is 0 Å². The number of fused-ring (bicyclic) bond motifs is 1. The predicted octanol–water partition coefficient (Wildman–Crippen LogP) is 3.62. The lowest BCUT2D eigenvalue weighted by molar-refractivity contribution is -0.355. The molecular formula is C23H23ClF3N3O5. The van der Waals surface area contributed by atoms with Gasteiger partial charge in [0.25, 0.3) is 5.91 Å². The number of amides is 1. The lowest BCUT2D eigenvalue weighted by Gasteiger charge is -2.70. The van der Waals surface area contributed by atoms with Crippen LogP contribution in [0.5, 0.6) is 11.5 Å². The maximum Gasteiger partial charge on any atom is 0.522 e. The lowest BCUT2D eigenvalue weighted by Crippen LogP contribution is -2.79. The van der Waals surface area contributed by atoms with Crippen LogP contribution in [-0.4, -0.2) is 51.0 Å². The molecule has 8 nitrogen and oxygen atoms in total. The average molecular weight is 514 g/mol. The topological polar surface area (TPSA) is 94.8 Å². The van der Waals surface area contributed by atoms with Gasteiger partial charge in [-0.2, -0.15) is 5.10 Å². The fourth-order valence-electron chi connectivity index (χ4n) is 5.75. The van der Waals surface area contributed by atoms with Gasteiger partial charge < -0.3 is 19.9 Å². The highest BCUT2D eigenvalue weighted by Gasteiger charge is 2.70. The van der Waals surface area contributed by atoms with Crippen molar-refractivity contribution in [2.75, 3.05) is 0 Å². The number of carbonyl (C=O) groups excluding carboxylic acids is 1. The molecule has 7 rings (SSSR count). The monoisotopic (exact) mass is 513 g/mol. The zero-order valence-electron chi connectivity index (χ0n) is 18.4. The van der Waals surface area contributed by atoms with Gasteiger partial charge in [-0.3, -0.25) is 14.2 Å². The van der Waals surface area contributed by atoms with E-state index in [1.54, 1.807) is 30.6 Å². The molecule has 12 heteroatoms. The van der Waals surface area contributed by atoms with Crippen LogP contribution in [0.1, 0.15) is 50.2 Å². The first-order chi connectivity index (χ1) is 16.5. The van der Waals surface area contributed by atoms with Crippen LogP contribution in [0.15, 0.2) is 30.6 Å². The second kappa shape index (κ2) is 7.75. The Morgan fingerprint density at radius 2 is 1.97 bits per heavy atom. The third kappa shape index (κ3) is 4.13. The van der Waals surface area contributed by atoms with Gasteiger partial charge >= 0.3 is 6.36 Å². The minimum absolute atomic E-state index is 0.149. The number of ether oxygens (including phenoxy) is 3. The van der Waals surface area contributed by atoms with Crippen LogP contribution in [0.2, 0.25) is 5.02 Å². The minimum atomic E-state index is -4.63. The van der Waals surface area contributed by atoms with Crippen LogP contribution >= 0.6 is 11.6 Å². The summed E-state index contributed by atoms with van der Waals surface area (Å²) < 4.78 is 54.1. The molecule has 2 heterocycles. The number of benzene rings is 1.